The van der Waals surface area contributed by atoms with Gasteiger partial charge in [0.25, 0.3) is 0 Å². The van der Waals surface area contributed by atoms with Gasteiger partial charge in [-0.2, -0.15) is 0 Å². The lowest BCUT2D eigenvalue weighted by atomic mass is 9.67. The number of hydrogen-bond acceptors (Lipinski definition) is 2. The van der Waals surface area contributed by atoms with Gasteiger partial charge >= 0.3 is 0 Å². The highest BCUT2D eigenvalue weighted by molar-refractivity contribution is 5.84. The van der Waals surface area contributed by atoms with Crippen molar-refractivity contribution in [2.24, 2.45) is 17.3 Å². The summed E-state index contributed by atoms with van der Waals surface area (Å²) in [4.78, 5) is 12.6. The van der Waals surface area contributed by atoms with Crippen LogP contribution in [0, 0.1) is 17.3 Å². The third-order valence-electron chi connectivity index (χ3n) is 5.18. The van der Waals surface area contributed by atoms with Gasteiger partial charge in [-0.05, 0) is 51.0 Å². The first kappa shape index (κ1) is 11.5. The first-order valence-electron chi connectivity index (χ1n) is 7.24. The third kappa shape index (κ3) is 1.99. The Kier molecular flexibility index (Phi) is 2.89. The highest BCUT2D eigenvalue weighted by Gasteiger charge is 2.50. The summed E-state index contributed by atoms with van der Waals surface area (Å²) in [7, 11) is 0. The smallest absolute Gasteiger partial charge is 0.228 e. The molecule has 96 valence electrons. The minimum atomic E-state index is -0.0681. The van der Waals surface area contributed by atoms with E-state index in [4.69, 9.17) is 0 Å². The Hall–Kier alpha value is -0.570. The van der Waals surface area contributed by atoms with Crippen LogP contribution in [0.1, 0.15) is 45.4 Å². The van der Waals surface area contributed by atoms with Crippen LogP contribution in [0.4, 0.5) is 0 Å². The van der Waals surface area contributed by atoms with Gasteiger partial charge in [0.2, 0.25) is 5.91 Å². The quantitative estimate of drug-likeness (QED) is 0.783. The number of nitrogens with one attached hydrogen (secondary N) is 2. The Morgan fingerprint density at radius 3 is 2.94 bits per heavy atom. The summed E-state index contributed by atoms with van der Waals surface area (Å²) < 4.78 is 0. The van der Waals surface area contributed by atoms with Crippen LogP contribution in [-0.4, -0.2) is 25.0 Å². The summed E-state index contributed by atoms with van der Waals surface area (Å²) in [5.41, 5.74) is -0.0681. The number of carbonyl (C=O) groups is 1. The van der Waals surface area contributed by atoms with Crippen molar-refractivity contribution in [3.05, 3.63) is 0 Å². The SMILES string of the molecule is CC(NC(=O)[C@@]12CCCC[C@H]1CNC2)C1CC1. The molecule has 3 atom stereocenters. The second-order valence-corrected chi connectivity index (χ2v) is 6.33. The van der Waals surface area contributed by atoms with Crippen LogP contribution in [-0.2, 0) is 4.79 Å². The zero-order chi connectivity index (χ0) is 11.9. The molecule has 0 radical (unpaired) electrons. The fourth-order valence-corrected chi connectivity index (χ4v) is 3.76. The number of amides is 1. The third-order valence-corrected chi connectivity index (χ3v) is 5.18. The van der Waals surface area contributed by atoms with Crippen molar-refractivity contribution in [2.45, 2.75) is 51.5 Å². The first-order valence-corrected chi connectivity index (χ1v) is 7.24. The molecule has 1 heterocycles. The molecule has 1 unspecified atom stereocenters. The summed E-state index contributed by atoms with van der Waals surface area (Å²) in [5, 5.41) is 6.74. The van der Waals surface area contributed by atoms with Gasteiger partial charge in [-0.3, -0.25) is 4.79 Å². The molecule has 1 aliphatic heterocycles. The molecule has 2 aliphatic carbocycles. The van der Waals surface area contributed by atoms with Gasteiger partial charge < -0.3 is 10.6 Å². The van der Waals surface area contributed by atoms with E-state index in [9.17, 15) is 4.79 Å². The zero-order valence-electron chi connectivity index (χ0n) is 10.8. The molecular formula is C14H24N2O. The van der Waals surface area contributed by atoms with Crippen LogP contribution in [0.25, 0.3) is 0 Å². The lowest BCUT2D eigenvalue weighted by Gasteiger charge is -2.38. The molecule has 0 aromatic heterocycles. The van der Waals surface area contributed by atoms with Crippen molar-refractivity contribution in [1.29, 1.82) is 0 Å². The number of hydrogen-bond donors (Lipinski definition) is 2. The highest BCUT2D eigenvalue weighted by Crippen LogP contribution is 2.44. The van der Waals surface area contributed by atoms with Crippen LogP contribution in [0.5, 0.6) is 0 Å². The Balaban J connectivity index is 1.69. The number of rotatable bonds is 3. The lowest BCUT2D eigenvalue weighted by molar-refractivity contribution is -0.134. The van der Waals surface area contributed by atoms with E-state index in [0.717, 1.165) is 25.4 Å². The molecule has 3 nitrogen and oxygen atoms in total. The van der Waals surface area contributed by atoms with E-state index in [0.29, 0.717) is 17.9 Å². The minimum Gasteiger partial charge on any atom is -0.353 e. The predicted molar refractivity (Wildman–Crippen MR) is 67.6 cm³/mol. The standard InChI is InChI=1S/C14H24N2O/c1-10(11-5-6-11)16-13(17)14-7-3-2-4-12(14)8-15-9-14/h10-12,15H,2-9H2,1H3,(H,16,17)/t10?,12-,14+/m0/s1. The zero-order valence-corrected chi connectivity index (χ0v) is 10.8. The van der Waals surface area contributed by atoms with Gasteiger partial charge in [0.05, 0.1) is 5.41 Å². The van der Waals surface area contributed by atoms with Crippen molar-refractivity contribution in [3.63, 3.8) is 0 Å². The Morgan fingerprint density at radius 2 is 2.18 bits per heavy atom. The average molecular weight is 236 g/mol. The summed E-state index contributed by atoms with van der Waals surface area (Å²) >= 11 is 0. The van der Waals surface area contributed by atoms with Crippen molar-refractivity contribution in [1.82, 2.24) is 10.6 Å². The van der Waals surface area contributed by atoms with Crippen molar-refractivity contribution in [3.8, 4) is 0 Å². The van der Waals surface area contributed by atoms with Crippen LogP contribution >= 0.6 is 0 Å². The summed E-state index contributed by atoms with van der Waals surface area (Å²) in [5.74, 6) is 1.68. The Labute approximate surface area is 104 Å². The maximum atomic E-state index is 12.6. The summed E-state index contributed by atoms with van der Waals surface area (Å²) in [6.45, 7) is 4.12. The molecule has 3 aliphatic rings. The molecule has 0 bridgehead atoms. The molecule has 2 N–H and O–H groups in total. The number of carbonyl (C=O) groups excluding carboxylic acids is 1. The van der Waals surface area contributed by atoms with Crippen LogP contribution in [0.2, 0.25) is 0 Å². The van der Waals surface area contributed by atoms with Gasteiger partial charge in [-0.1, -0.05) is 12.8 Å². The van der Waals surface area contributed by atoms with E-state index in [1.807, 2.05) is 0 Å². The van der Waals surface area contributed by atoms with Crippen molar-refractivity contribution >= 4 is 5.91 Å². The normalized spacial score (nSPS) is 38.5. The topological polar surface area (TPSA) is 41.1 Å². The molecule has 3 heteroatoms. The fourth-order valence-electron chi connectivity index (χ4n) is 3.76. The van der Waals surface area contributed by atoms with E-state index in [-0.39, 0.29) is 5.41 Å². The van der Waals surface area contributed by atoms with E-state index < -0.39 is 0 Å². The Bertz CT molecular complexity index is 313. The van der Waals surface area contributed by atoms with Gasteiger partial charge in [0, 0.05) is 12.6 Å². The molecule has 3 fully saturated rings. The van der Waals surface area contributed by atoms with E-state index in [2.05, 4.69) is 17.6 Å². The van der Waals surface area contributed by atoms with E-state index >= 15 is 0 Å². The second-order valence-electron chi connectivity index (χ2n) is 6.33. The Morgan fingerprint density at radius 1 is 1.35 bits per heavy atom. The maximum absolute atomic E-state index is 12.6. The molecule has 1 saturated heterocycles. The first-order chi connectivity index (χ1) is 8.22. The minimum absolute atomic E-state index is 0.0681. The fraction of sp³-hybridized carbons (Fsp3) is 0.929. The molecule has 3 rings (SSSR count). The van der Waals surface area contributed by atoms with Gasteiger partial charge in [-0.25, -0.2) is 0 Å². The molecular weight excluding hydrogens is 212 g/mol. The predicted octanol–water partition coefficient (Wildman–Crippen LogP) is 1.68. The van der Waals surface area contributed by atoms with Gasteiger partial charge in [0.15, 0.2) is 0 Å². The van der Waals surface area contributed by atoms with Crippen LogP contribution < -0.4 is 10.6 Å². The van der Waals surface area contributed by atoms with Crippen molar-refractivity contribution < 1.29 is 4.79 Å². The molecule has 17 heavy (non-hydrogen) atoms. The molecule has 2 saturated carbocycles. The second kappa shape index (κ2) is 4.27. The van der Waals surface area contributed by atoms with E-state index in [1.54, 1.807) is 0 Å². The largest absolute Gasteiger partial charge is 0.353 e. The lowest BCUT2D eigenvalue weighted by Crippen LogP contribution is -2.50. The molecule has 0 aromatic rings. The number of fused-ring (bicyclic) bond motifs is 1. The van der Waals surface area contributed by atoms with Crippen molar-refractivity contribution in [2.75, 3.05) is 13.1 Å². The van der Waals surface area contributed by atoms with Crippen LogP contribution in [0.3, 0.4) is 0 Å². The van der Waals surface area contributed by atoms with Gasteiger partial charge in [-0.15, -0.1) is 0 Å². The molecule has 1 amide bonds. The molecule has 0 aromatic carbocycles. The van der Waals surface area contributed by atoms with Crippen LogP contribution in [0.15, 0.2) is 0 Å². The monoisotopic (exact) mass is 236 g/mol. The average Bonchev–Trinajstić information content (AvgIpc) is 3.08. The summed E-state index contributed by atoms with van der Waals surface area (Å²) in [6, 6.07) is 0.389. The molecule has 0 spiro atoms. The van der Waals surface area contributed by atoms with E-state index in [1.165, 1.54) is 32.1 Å². The summed E-state index contributed by atoms with van der Waals surface area (Å²) in [6.07, 6.45) is 7.46. The van der Waals surface area contributed by atoms with Gasteiger partial charge in [0.1, 0.15) is 0 Å². The maximum Gasteiger partial charge on any atom is 0.228 e. The highest BCUT2D eigenvalue weighted by atomic mass is 16.2.